The Morgan fingerprint density at radius 1 is 1.10 bits per heavy atom. The Bertz CT molecular complexity index is 1010. The minimum atomic E-state index is -0.869. The number of benzene rings is 2. The molecule has 1 saturated heterocycles. The molecule has 8 nitrogen and oxygen atoms in total. The van der Waals surface area contributed by atoms with E-state index in [1.54, 1.807) is 24.3 Å². The second-order valence-corrected chi connectivity index (χ2v) is 6.00. The summed E-state index contributed by atoms with van der Waals surface area (Å²) >= 11 is 0. The molecule has 0 radical (unpaired) electrons. The van der Waals surface area contributed by atoms with Crippen molar-refractivity contribution in [2.24, 2.45) is 0 Å². The number of amides is 4. The molecule has 4 amide bonds. The van der Waals surface area contributed by atoms with Crippen molar-refractivity contribution in [3.63, 3.8) is 0 Å². The summed E-state index contributed by atoms with van der Waals surface area (Å²) in [6, 6.07) is 11.7. The summed E-state index contributed by atoms with van der Waals surface area (Å²) < 4.78 is 10.0. The van der Waals surface area contributed by atoms with Crippen LogP contribution in [0.2, 0.25) is 0 Å². The third-order valence-corrected chi connectivity index (χ3v) is 4.13. The van der Waals surface area contributed by atoms with E-state index in [4.69, 9.17) is 4.74 Å². The molecule has 1 N–H and O–H groups in total. The zero-order valence-corrected chi connectivity index (χ0v) is 15.8. The predicted molar refractivity (Wildman–Crippen MR) is 104 cm³/mol. The van der Waals surface area contributed by atoms with Crippen LogP contribution in [0.4, 0.5) is 10.5 Å². The number of nitrogens with one attached hydrogen (secondary N) is 1. The van der Waals surface area contributed by atoms with Gasteiger partial charge in [-0.15, -0.1) is 0 Å². The Morgan fingerprint density at radius 3 is 2.48 bits per heavy atom. The first-order valence-electron chi connectivity index (χ1n) is 8.77. The van der Waals surface area contributed by atoms with Crippen LogP contribution >= 0.6 is 0 Å². The van der Waals surface area contributed by atoms with Crippen LogP contribution in [-0.2, 0) is 14.3 Å². The van der Waals surface area contributed by atoms with Crippen molar-refractivity contribution in [3.05, 3.63) is 65.2 Å². The van der Waals surface area contributed by atoms with Gasteiger partial charge in [-0.3, -0.25) is 14.9 Å². The van der Waals surface area contributed by atoms with Crippen molar-refractivity contribution in [2.75, 3.05) is 18.6 Å². The number of ether oxygens (including phenoxy) is 2. The van der Waals surface area contributed by atoms with Gasteiger partial charge in [0.05, 0.1) is 25.0 Å². The Morgan fingerprint density at radius 2 is 1.83 bits per heavy atom. The molecule has 0 atom stereocenters. The highest BCUT2D eigenvalue weighted by Gasteiger charge is 2.36. The third-order valence-electron chi connectivity index (χ3n) is 4.13. The van der Waals surface area contributed by atoms with E-state index in [2.05, 4.69) is 10.1 Å². The van der Waals surface area contributed by atoms with E-state index in [1.165, 1.54) is 37.5 Å². The monoisotopic (exact) mass is 394 g/mol. The summed E-state index contributed by atoms with van der Waals surface area (Å²) in [6.45, 7) is 2.32. The standard InChI is InChI=1S/C21H18N2O6/c1-3-29-16-6-4-5-13(11-16)12-17-18(24)22-21(27)23(19(17)25)15-9-7-14(8-10-15)20(26)28-2/h4-12H,3H2,1-2H3,(H,22,24,27). The van der Waals surface area contributed by atoms with E-state index in [0.717, 1.165) is 4.90 Å². The zero-order valence-electron chi connectivity index (χ0n) is 15.8. The minimum Gasteiger partial charge on any atom is -0.494 e. The van der Waals surface area contributed by atoms with Crippen LogP contribution in [0.25, 0.3) is 6.08 Å². The van der Waals surface area contributed by atoms with Crippen LogP contribution in [0.3, 0.4) is 0 Å². The lowest BCUT2D eigenvalue weighted by molar-refractivity contribution is -0.122. The quantitative estimate of drug-likeness (QED) is 0.475. The summed E-state index contributed by atoms with van der Waals surface area (Å²) in [5.74, 6) is -1.51. The molecule has 1 aliphatic heterocycles. The minimum absolute atomic E-state index is 0.199. The highest BCUT2D eigenvalue weighted by atomic mass is 16.5. The molecule has 29 heavy (non-hydrogen) atoms. The van der Waals surface area contributed by atoms with Crippen molar-refractivity contribution in [3.8, 4) is 5.75 Å². The molecule has 1 fully saturated rings. The van der Waals surface area contributed by atoms with Gasteiger partial charge in [-0.05, 0) is 55.0 Å². The number of nitrogens with zero attached hydrogens (tertiary/aromatic N) is 1. The fraction of sp³-hybridized carbons (Fsp3) is 0.143. The van der Waals surface area contributed by atoms with Gasteiger partial charge in [0.2, 0.25) is 0 Å². The van der Waals surface area contributed by atoms with E-state index in [0.29, 0.717) is 17.9 Å². The lowest BCUT2D eigenvalue weighted by atomic mass is 10.1. The van der Waals surface area contributed by atoms with E-state index in [1.807, 2.05) is 6.92 Å². The van der Waals surface area contributed by atoms with Crippen molar-refractivity contribution in [1.29, 1.82) is 0 Å². The van der Waals surface area contributed by atoms with Crippen LogP contribution in [-0.4, -0.2) is 37.5 Å². The lowest BCUT2D eigenvalue weighted by Gasteiger charge is -2.26. The largest absolute Gasteiger partial charge is 0.494 e. The first kappa shape index (κ1) is 19.8. The molecule has 0 bridgehead atoms. The smallest absolute Gasteiger partial charge is 0.337 e. The van der Waals surface area contributed by atoms with Crippen LogP contribution < -0.4 is 15.0 Å². The number of methoxy groups -OCH3 is 1. The molecule has 0 spiro atoms. The molecule has 8 heteroatoms. The van der Waals surface area contributed by atoms with Gasteiger partial charge in [0.1, 0.15) is 11.3 Å². The Labute approximate surface area is 166 Å². The number of carbonyl (C=O) groups is 4. The van der Waals surface area contributed by atoms with Gasteiger partial charge in [0.25, 0.3) is 11.8 Å². The maximum absolute atomic E-state index is 12.9. The molecule has 0 saturated carbocycles. The van der Waals surface area contributed by atoms with E-state index >= 15 is 0 Å². The normalized spacial score (nSPS) is 15.3. The highest BCUT2D eigenvalue weighted by Crippen LogP contribution is 2.23. The predicted octanol–water partition coefficient (Wildman–Crippen LogP) is 2.54. The van der Waals surface area contributed by atoms with Crippen molar-refractivity contribution in [2.45, 2.75) is 6.92 Å². The third kappa shape index (κ3) is 4.16. The number of hydrogen-bond acceptors (Lipinski definition) is 6. The molecule has 3 rings (SSSR count). The average molecular weight is 394 g/mol. The van der Waals surface area contributed by atoms with E-state index in [-0.39, 0.29) is 16.8 Å². The summed E-state index contributed by atoms with van der Waals surface area (Å²) in [7, 11) is 1.25. The topological polar surface area (TPSA) is 102 Å². The van der Waals surface area contributed by atoms with Crippen molar-refractivity contribution >= 4 is 35.6 Å². The summed E-state index contributed by atoms with van der Waals surface area (Å²) in [5.41, 5.74) is 0.849. The van der Waals surface area contributed by atoms with Gasteiger partial charge >= 0.3 is 12.0 Å². The second-order valence-electron chi connectivity index (χ2n) is 6.00. The van der Waals surface area contributed by atoms with Crippen LogP contribution in [0.1, 0.15) is 22.8 Å². The molecular weight excluding hydrogens is 376 g/mol. The number of rotatable bonds is 5. The highest BCUT2D eigenvalue weighted by molar-refractivity contribution is 6.39. The average Bonchev–Trinajstić information content (AvgIpc) is 2.71. The molecule has 0 aromatic heterocycles. The maximum Gasteiger partial charge on any atom is 0.337 e. The molecule has 0 aliphatic carbocycles. The van der Waals surface area contributed by atoms with Crippen LogP contribution in [0.15, 0.2) is 54.1 Å². The number of imide groups is 2. The van der Waals surface area contributed by atoms with Gasteiger partial charge in [-0.1, -0.05) is 12.1 Å². The molecule has 0 unspecified atom stereocenters. The number of hydrogen-bond donors (Lipinski definition) is 1. The summed E-state index contributed by atoms with van der Waals surface area (Å²) in [5, 5.41) is 2.15. The van der Waals surface area contributed by atoms with Gasteiger partial charge in [-0.25, -0.2) is 14.5 Å². The van der Waals surface area contributed by atoms with Crippen molar-refractivity contribution < 1.29 is 28.7 Å². The Kier molecular flexibility index (Phi) is 5.73. The Balaban J connectivity index is 1.94. The maximum atomic E-state index is 12.9. The first-order chi connectivity index (χ1) is 13.9. The zero-order chi connectivity index (χ0) is 21.0. The molecule has 2 aromatic carbocycles. The van der Waals surface area contributed by atoms with Gasteiger partial charge in [0.15, 0.2) is 0 Å². The van der Waals surface area contributed by atoms with E-state index < -0.39 is 23.8 Å². The van der Waals surface area contributed by atoms with E-state index in [9.17, 15) is 19.2 Å². The number of barbiturate groups is 1. The molecule has 2 aromatic rings. The SMILES string of the molecule is CCOc1cccc(C=C2C(=O)NC(=O)N(c3ccc(C(=O)OC)cc3)C2=O)c1. The van der Waals surface area contributed by atoms with Crippen molar-refractivity contribution in [1.82, 2.24) is 5.32 Å². The summed E-state index contributed by atoms with van der Waals surface area (Å²) in [6.07, 6.45) is 1.39. The lowest BCUT2D eigenvalue weighted by Crippen LogP contribution is -2.54. The number of anilines is 1. The van der Waals surface area contributed by atoms with Gasteiger partial charge in [0, 0.05) is 0 Å². The second kappa shape index (κ2) is 8.39. The van der Waals surface area contributed by atoms with Gasteiger partial charge < -0.3 is 9.47 Å². The molecule has 1 heterocycles. The Hall–Kier alpha value is -3.94. The van der Waals surface area contributed by atoms with Gasteiger partial charge in [-0.2, -0.15) is 0 Å². The van der Waals surface area contributed by atoms with Crippen LogP contribution in [0.5, 0.6) is 5.75 Å². The molecular formula is C21H18N2O6. The number of carbonyl (C=O) groups excluding carboxylic acids is 4. The fourth-order valence-electron chi connectivity index (χ4n) is 2.78. The fourth-order valence-corrected chi connectivity index (χ4v) is 2.78. The van der Waals surface area contributed by atoms with Crippen LogP contribution in [0, 0.1) is 0 Å². The summed E-state index contributed by atoms with van der Waals surface area (Å²) in [4.78, 5) is 49.8. The number of esters is 1. The molecule has 148 valence electrons. The molecule has 1 aliphatic rings. The number of urea groups is 1. The first-order valence-corrected chi connectivity index (χ1v) is 8.77.